The summed E-state index contributed by atoms with van der Waals surface area (Å²) >= 11 is 1.34. The second-order valence-corrected chi connectivity index (χ2v) is 8.79. The molecule has 5 rings (SSSR count). The van der Waals surface area contributed by atoms with Gasteiger partial charge < -0.3 is 4.74 Å². The van der Waals surface area contributed by atoms with Crippen LogP contribution in [0.1, 0.15) is 31.0 Å². The Labute approximate surface area is 194 Å². The van der Waals surface area contributed by atoms with Crippen molar-refractivity contribution in [2.24, 2.45) is 4.99 Å². The predicted molar refractivity (Wildman–Crippen MR) is 131 cm³/mol. The molecule has 5 nitrogen and oxygen atoms in total. The van der Waals surface area contributed by atoms with Gasteiger partial charge in [0, 0.05) is 0 Å². The molecule has 4 aromatic rings. The van der Waals surface area contributed by atoms with Gasteiger partial charge in [0.1, 0.15) is 0 Å². The molecule has 164 valence electrons. The highest BCUT2D eigenvalue weighted by Gasteiger charge is 2.33. The normalized spacial score (nSPS) is 15.9. The number of esters is 1. The number of fused-ring (bicyclic) bond motifs is 2. The zero-order valence-corrected chi connectivity index (χ0v) is 19.1. The minimum Gasteiger partial charge on any atom is -0.463 e. The Balaban J connectivity index is 1.75. The molecule has 0 fully saturated rings. The molecule has 1 atom stereocenters. The lowest BCUT2D eigenvalue weighted by Gasteiger charge is -2.24. The number of benzene rings is 3. The molecule has 1 aliphatic heterocycles. The molecule has 0 saturated heterocycles. The molecule has 0 amide bonds. The van der Waals surface area contributed by atoms with Crippen molar-refractivity contribution < 1.29 is 9.53 Å². The van der Waals surface area contributed by atoms with Crippen LogP contribution in [0, 0.1) is 0 Å². The van der Waals surface area contributed by atoms with Gasteiger partial charge in [-0.3, -0.25) is 9.36 Å². The Morgan fingerprint density at radius 3 is 2.58 bits per heavy atom. The first-order valence-electron chi connectivity index (χ1n) is 10.8. The van der Waals surface area contributed by atoms with Crippen LogP contribution in [0.5, 0.6) is 0 Å². The average molecular weight is 455 g/mol. The second kappa shape index (κ2) is 8.64. The first kappa shape index (κ1) is 21.1. The van der Waals surface area contributed by atoms with Crippen LogP contribution in [0.3, 0.4) is 0 Å². The average Bonchev–Trinajstić information content (AvgIpc) is 3.13. The zero-order valence-electron chi connectivity index (χ0n) is 18.3. The van der Waals surface area contributed by atoms with E-state index in [0.717, 1.165) is 21.9 Å². The monoisotopic (exact) mass is 454 g/mol. The van der Waals surface area contributed by atoms with Gasteiger partial charge in [0.05, 0.1) is 28.5 Å². The minimum atomic E-state index is -0.587. The van der Waals surface area contributed by atoms with Crippen LogP contribution in [0.15, 0.2) is 93.9 Å². The van der Waals surface area contributed by atoms with Crippen LogP contribution in [0.2, 0.25) is 0 Å². The maximum atomic E-state index is 13.7. The first-order valence-corrected chi connectivity index (χ1v) is 11.6. The smallest absolute Gasteiger partial charge is 0.338 e. The molecule has 3 aromatic carbocycles. The van der Waals surface area contributed by atoms with Crippen LogP contribution < -0.4 is 14.9 Å². The van der Waals surface area contributed by atoms with E-state index in [0.29, 0.717) is 20.6 Å². The van der Waals surface area contributed by atoms with Crippen molar-refractivity contribution in [3.8, 4) is 0 Å². The molecule has 0 spiro atoms. The third-order valence-electron chi connectivity index (χ3n) is 5.74. The second-order valence-electron chi connectivity index (χ2n) is 7.78. The van der Waals surface area contributed by atoms with Crippen molar-refractivity contribution in [2.75, 3.05) is 6.61 Å². The summed E-state index contributed by atoms with van der Waals surface area (Å²) < 4.78 is 7.53. The van der Waals surface area contributed by atoms with E-state index in [2.05, 4.69) is 17.1 Å². The number of carbonyl (C=O) groups is 1. The van der Waals surface area contributed by atoms with Gasteiger partial charge in [0.2, 0.25) is 0 Å². The van der Waals surface area contributed by atoms with Crippen molar-refractivity contribution in [3.63, 3.8) is 0 Å². The van der Waals surface area contributed by atoms with Gasteiger partial charge in [0.15, 0.2) is 4.80 Å². The summed E-state index contributed by atoms with van der Waals surface area (Å²) in [6.07, 6.45) is 1.91. The number of thiazole rings is 1. The van der Waals surface area contributed by atoms with Crippen LogP contribution in [0.25, 0.3) is 16.8 Å². The topological polar surface area (TPSA) is 60.7 Å². The molecule has 0 bridgehead atoms. The van der Waals surface area contributed by atoms with Crippen LogP contribution in [0.4, 0.5) is 0 Å². The molecule has 0 N–H and O–H groups in total. The molecule has 33 heavy (non-hydrogen) atoms. The third-order valence-corrected chi connectivity index (χ3v) is 6.73. The SMILES string of the molecule is CCOC(=O)C1=C(C)N=c2s/c(=C\c3cccc4ccccc34)c(=O)n2C1c1ccccc1. The van der Waals surface area contributed by atoms with Crippen LogP contribution in [-0.2, 0) is 9.53 Å². The largest absolute Gasteiger partial charge is 0.463 e. The minimum absolute atomic E-state index is 0.171. The highest BCUT2D eigenvalue weighted by Crippen LogP contribution is 2.30. The van der Waals surface area contributed by atoms with E-state index in [4.69, 9.17) is 4.74 Å². The lowest BCUT2D eigenvalue weighted by molar-refractivity contribution is -0.139. The highest BCUT2D eigenvalue weighted by atomic mass is 32.1. The van der Waals surface area contributed by atoms with Crippen molar-refractivity contribution in [2.45, 2.75) is 19.9 Å². The highest BCUT2D eigenvalue weighted by molar-refractivity contribution is 7.07. The van der Waals surface area contributed by atoms with Gasteiger partial charge in [-0.05, 0) is 41.8 Å². The van der Waals surface area contributed by atoms with Crippen LogP contribution >= 0.6 is 11.3 Å². The Kier molecular flexibility index (Phi) is 5.52. The summed E-state index contributed by atoms with van der Waals surface area (Å²) in [5, 5.41) is 2.19. The Morgan fingerprint density at radius 1 is 1.06 bits per heavy atom. The summed E-state index contributed by atoms with van der Waals surface area (Å²) in [5.74, 6) is -0.448. The van der Waals surface area contributed by atoms with E-state index in [1.54, 1.807) is 18.4 Å². The van der Waals surface area contributed by atoms with Gasteiger partial charge in [-0.15, -0.1) is 0 Å². The van der Waals surface area contributed by atoms with E-state index in [1.165, 1.54) is 11.3 Å². The van der Waals surface area contributed by atoms with E-state index >= 15 is 0 Å². The van der Waals surface area contributed by atoms with Crippen molar-refractivity contribution in [1.29, 1.82) is 0 Å². The molecule has 6 heteroatoms. The van der Waals surface area contributed by atoms with Crippen LogP contribution in [-0.4, -0.2) is 17.1 Å². The molecular weight excluding hydrogens is 432 g/mol. The quantitative estimate of drug-likeness (QED) is 0.439. The van der Waals surface area contributed by atoms with E-state index in [-0.39, 0.29) is 12.2 Å². The fourth-order valence-corrected chi connectivity index (χ4v) is 5.30. The number of hydrogen-bond donors (Lipinski definition) is 0. The fourth-order valence-electron chi connectivity index (χ4n) is 4.26. The Hall–Kier alpha value is -3.77. The van der Waals surface area contributed by atoms with E-state index in [1.807, 2.05) is 66.7 Å². The summed E-state index contributed by atoms with van der Waals surface area (Å²) in [5.41, 5.74) is 2.60. The molecule has 0 saturated carbocycles. The maximum Gasteiger partial charge on any atom is 0.338 e. The number of aromatic nitrogens is 1. The van der Waals surface area contributed by atoms with Crippen molar-refractivity contribution in [3.05, 3.63) is 115 Å². The number of allylic oxidation sites excluding steroid dienone is 1. The molecule has 1 aromatic heterocycles. The Bertz CT molecular complexity index is 1570. The number of rotatable bonds is 4. The number of nitrogens with zero attached hydrogens (tertiary/aromatic N) is 2. The van der Waals surface area contributed by atoms with Crippen molar-refractivity contribution >= 4 is 34.2 Å². The Morgan fingerprint density at radius 2 is 1.79 bits per heavy atom. The molecule has 1 aliphatic rings. The summed E-state index contributed by atoms with van der Waals surface area (Å²) in [6.45, 7) is 3.82. The van der Waals surface area contributed by atoms with Crippen molar-refractivity contribution in [1.82, 2.24) is 4.57 Å². The van der Waals surface area contributed by atoms with Gasteiger partial charge in [0.25, 0.3) is 5.56 Å². The zero-order chi connectivity index (χ0) is 22.9. The molecule has 2 heterocycles. The third kappa shape index (κ3) is 3.72. The number of carbonyl (C=O) groups excluding carboxylic acids is 1. The summed E-state index contributed by atoms with van der Waals surface area (Å²) in [4.78, 5) is 31.8. The first-order chi connectivity index (χ1) is 16.1. The molecule has 0 aliphatic carbocycles. The van der Waals surface area contributed by atoms with Gasteiger partial charge >= 0.3 is 5.97 Å². The maximum absolute atomic E-state index is 13.7. The van der Waals surface area contributed by atoms with Gasteiger partial charge in [-0.25, -0.2) is 9.79 Å². The standard InChI is InChI=1S/C27H22N2O3S/c1-3-32-26(31)23-17(2)28-27-29(24(23)19-11-5-4-6-12-19)25(30)22(33-27)16-20-14-9-13-18-10-7-8-15-21(18)20/h4-16,24H,3H2,1-2H3/b22-16-. The lowest BCUT2D eigenvalue weighted by Crippen LogP contribution is -2.39. The molecule has 1 unspecified atom stereocenters. The van der Waals surface area contributed by atoms with E-state index < -0.39 is 12.0 Å². The number of hydrogen-bond acceptors (Lipinski definition) is 5. The summed E-state index contributed by atoms with van der Waals surface area (Å²) in [7, 11) is 0. The predicted octanol–water partition coefficient (Wildman–Crippen LogP) is 3.95. The molecule has 0 radical (unpaired) electrons. The van der Waals surface area contributed by atoms with E-state index in [9.17, 15) is 9.59 Å². The van der Waals surface area contributed by atoms with Gasteiger partial charge in [-0.2, -0.15) is 0 Å². The lowest BCUT2D eigenvalue weighted by atomic mass is 9.96. The summed E-state index contributed by atoms with van der Waals surface area (Å²) in [6, 6.07) is 23.1. The van der Waals surface area contributed by atoms with Gasteiger partial charge in [-0.1, -0.05) is 84.1 Å². The number of ether oxygens (including phenoxy) is 1. The molecular formula is C27H22N2O3S. The fraction of sp³-hybridized carbons (Fsp3) is 0.148.